The average Bonchev–Trinajstić information content (AvgIpc) is 3.29. The highest BCUT2D eigenvalue weighted by atomic mass is 16.6. The van der Waals surface area contributed by atoms with Crippen LogP contribution in [-0.4, -0.2) is 39.0 Å². The van der Waals surface area contributed by atoms with Gasteiger partial charge in [0.15, 0.2) is 6.10 Å². The summed E-state index contributed by atoms with van der Waals surface area (Å²) in [5.41, 5.74) is 10.8. The fraction of sp³-hybridized carbons (Fsp3) is 0.250. The second-order valence-electron chi connectivity index (χ2n) is 12.3. The number of carbonyl (C=O) groups is 1. The molecule has 49 heavy (non-hydrogen) atoms. The van der Waals surface area contributed by atoms with Crippen molar-refractivity contribution in [3.63, 3.8) is 0 Å². The van der Waals surface area contributed by atoms with E-state index in [0.29, 0.717) is 26.2 Å². The van der Waals surface area contributed by atoms with Gasteiger partial charge in [-0.05, 0) is 88.4 Å². The van der Waals surface area contributed by atoms with E-state index in [2.05, 4.69) is 109 Å². The molecule has 0 heterocycles. The van der Waals surface area contributed by atoms with Crippen molar-refractivity contribution in [2.75, 3.05) is 26.9 Å². The number of benzene rings is 5. The normalized spacial score (nSPS) is 14.0. The van der Waals surface area contributed by atoms with Crippen LogP contribution in [-0.2, 0) is 44.7 Å². The molecule has 1 aliphatic carbocycles. The lowest BCUT2D eigenvalue weighted by Gasteiger charge is -2.22. The summed E-state index contributed by atoms with van der Waals surface area (Å²) < 4.78 is 23.3. The molecule has 5 aromatic carbocycles. The first-order chi connectivity index (χ1) is 24.1. The number of hydrogen-bond donors (Lipinski definition) is 0. The topological polar surface area (TPSA) is 54.0 Å². The molecule has 2 atom stereocenters. The summed E-state index contributed by atoms with van der Waals surface area (Å²) >= 11 is 0. The van der Waals surface area contributed by atoms with Crippen molar-refractivity contribution < 1.29 is 23.7 Å². The van der Waals surface area contributed by atoms with Gasteiger partial charge in [-0.2, -0.15) is 0 Å². The molecule has 5 aromatic rings. The molecule has 2 unspecified atom stereocenters. The highest BCUT2D eigenvalue weighted by Crippen LogP contribution is 2.37. The van der Waals surface area contributed by atoms with Crippen LogP contribution in [0.25, 0.3) is 12.2 Å². The summed E-state index contributed by atoms with van der Waals surface area (Å²) in [6.45, 7) is 2.93. The monoisotopic (exact) mass is 652 g/mol. The zero-order valence-electron chi connectivity index (χ0n) is 28.3. The van der Waals surface area contributed by atoms with Crippen LogP contribution in [0.5, 0.6) is 5.75 Å². The Morgan fingerprint density at radius 1 is 0.653 bits per heavy atom. The van der Waals surface area contributed by atoms with E-state index >= 15 is 0 Å². The maximum absolute atomic E-state index is 12.1. The van der Waals surface area contributed by atoms with Gasteiger partial charge in [0.05, 0.1) is 13.2 Å². The summed E-state index contributed by atoms with van der Waals surface area (Å²) in [4.78, 5) is 12.1. The largest absolute Gasteiger partial charge is 0.491 e. The van der Waals surface area contributed by atoms with Gasteiger partial charge in [-0.25, -0.2) is 4.79 Å². The molecule has 6 rings (SSSR count). The first kappa shape index (κ1) is 33.9. The van der Waals surface area contributed by atoms with Gasteiger partial charge in [-0.1, -0.05) is 121 Å². The van der Waals surface area contributed by atoms with Crippen LogP contribution in [0.3, 0.4) is 0 Å². The maximum atomic E-state index is 12.1. The van der Waals surface area contributed by atoms with Gasteiger partial charge in [0.2, 0.25) is 0 Å². The molecule has 250 valence electrons. The molecule has 0 bridgehead atoms. The lowest BCUT2D eigenvalue weighted by Crippen LogP contribution is -2.27. The Balaban J connectivity index is 1.17. The van der Waals surface area contributed by atoms with E-state index in [4.69, 9.17) is 18.9 Å². The highest BCUT2D eigenvalue weighted by molar-refractivity contribution is 5.77. The van der Waals surface area contributed by atoms with Gasteiger partial charge < -0.3 is 18.9 Å². The molecule has 1 aliphatic rings. The number of fused-ring (bicyclic) bond motifs is 2. The second kappa shape index (κ2) is 16.9. The fourth-order valence-corrected chi connectivity index (χ4v) is 6.33. The Hall–Kier alpha value is -4.97. The predicted octanol–water partition coefficient (Wildman–Crippen LogP) is 8.85. The number of hydrogen-bond acceptors (Lipinski definition) is 5. The van der Waals surface area contributed by atoms with Crippen molar-refractivity contribution in [3.05, 3.63) is 171 Å². The Labute approximate surface area is 290 Å². The number of aryl methyl sites for hydroxylation is 2. The van der Waals surface area contributed by atoms with Crippen LogP contribution in [0, 0.1) is 0 Å². The van der Waals surface area contributed by atoms with Gasteiger partial charge in [0.1, 0.15) is 18.5 Å². The number of methoxy groups -OCH3 is 1. The number of ether oxygens (including phenoxy) is 4. The van der Waals surface area contributed by atoms with E-state index in [1.807, 2.05) is 24.3 Å². The highest BCUT2D eigenvalue weighted by Gasteiger charge is 2.24. The molecule has 0 saturated carbocycles. The van der Waals surface area contributed by atoms with E-state index in [0.717, 1.165) is 36.1 Å². The van der Waals surface area contributed by atoms with Crippen LogP contribution >= 0.6 is 0 Å². The SMILES string of the molecule is CCOC(=O)C(Cc1ccc(OCCOC2c3ccc(Cc4ccccc4)cc3C=Cc3ccc(CCc4ccccc4)cc32)cc1)OC. The summed E-state index contributed by atoms with van der Waals surface area (Å²) in [7, 11) is 1.52. The molecule has 0 amide bonds. The number of rotatable bonds is 15. The minimum atomic E-state index is -0.631. The number of carbonyl (C=O) groups excluding carboxylic acids is 1. The molecule has 5 heteroatoms. The minimum absolute atomic E-state index is 0.234. The summed E-state index contributed by atoms with van der Waals surface area (Å²) in [6.07, 6.45) is 6.85. The minimum Gasteiger partial charge on any atom is -0.491 e. The van der Waals surface area contributed by atoms with Crippen molar-refractivity contribution in [2.24, 2.45) is 0 Å². The van der Waals surface area contributed by atoms with E-state index < -0.39 is 6.10 Å². The van der Waals surface area contributed by atoms with E-state index in [9.17, 15) is 4.79 Å². The zero-order valence-corrected chi connectivity index (χ0v) is 28.3. The standard InChI is InChI=1S/C44H44O5/c1-3-47-44(45)42(46-2)31-35-17-23-39(24-18-35)48-26-27-49-43-40-25-19-36(28-33-12-8-5-9-13-33)29-38(40)22-21-37-20-16-34(30-41(37)43)15-14-32-10-6-4-7-11-32/h4-13,16-25,29-30,42-43H,3,14-15,26-28,31H2,1-2H3. The van der Waals surface area contributed by atoms with Crippen LogP contribution in [0.15, 0.2) is 121 Å². The van der Waals surface area contributed by atoms with Gasteiger partial charge in [0, 0.05) is 13.5 Å². The van der Waals surface area contributed by atoms with Gasteiger partial charge in [-0.15, -0.1) is 0 Å². The van der Waals surface area contributed by atoms with E-state index in [1.165, 1.54) is 46.1 Å². The second-order valence-corrected chi connectivity index (χ2v) is 12.3. The quantitative estimate of drug-likeness (QED) is 0.0836. The van der Waals surface area contributed by atoms with Gasteiger partial charge in [0.25, 0.3) is 0 Å². The van der Waals surface area contributed by atoms with Crippen molar-refractivity contribution in [3.8, 4) is 5.75 Å². The third-order valence-corrected chi connectivity index (χ3v) is 8.92. The molecule has 0 N–H and O–H groups in total. The first-order valence-corrected chi connectivity index (χ1v) is 17.1. The molecule has 0 spiro atoms. The third-order valence-electron chi connectivity index (χ3n) is 8.92. The van der Waals surface area contributed by atoms with Crippen LogP contribution in [0.2, 0.25) is 0 Å². The molecule has 0 saturated heterocycles. The van der Waals surface area contributed by atoms with Crippen molar-refractivity contribution >= 4 is 18.1 Å². The van der Waals surface area contributed by atoms with Crippen LogP contribution < -0.4 is 4.74 Å². The average molecular weight is 653 g/mol. The summed E-state index contributed by atoms with van der Waals surface area (Å²) in [5.74, 6) is 0.393. The van der Waals surface area contributed by atoms with Crippen LogP contribution in [0.4, 0.5) is 0 Å². The smallest absolute Gasteiger partial charge is 0.335 e. The predicted molar refractivity (Wildman–Crippen MR) is 196 cm³/mol. The molecule has 0 aromatic heterocycles. The molecular formula is C44H44O5. The lowest BCUT2D eigenvalue weighted by molar-refractivity contribution is -0.154. The van der Waals surface area contributed by atoms with Crippen LogP contribution in [0.1, 0.15) is 63.1 Å². The van der Waals surface area contributed by atoms with Gasteiger partial charge in [-0.3, -0.25) is 0 Å². The van der Waals surface area contributed by atoms with E-state index in [-0.39, 0.29) is 12.1 Å². The molecule has 0 radical (unpaired) electrons. The summed E-state index contributed by atoms with van der Waals surface area (Å²) in [6, 6.07) is 42.5. The Bertz CT molecular complexity index is 1830. The molecular weight excluding hydrogens is 608 g/mol. The van der Waals surface area contributed by atoms with Crippen molar-refractivity contribution in [2.45, 2.75) is 44.8 Å². The first-order valence-electron chi connectivity index (χ1n) is 17.1. The maximum Gasteiger partial charge on any atom is 0.335 e. The van der Waals surface area contributed by atoms with E-state index in [1.54, 1.807) is 6.92 Å². The van der Waals surface area contributed by atoms with Crippen molar-refractivity contribution in [1.29, 1.82) is 0 Å². The van der Waals surface area contributed by atoms with Crippen molar-refractivity contribution in [1.82, 2.24) is 0 Å². The Morgan fingerprint density at radius 3 is 2.06 bits per heavy atom. The fourth-order valence-electron chi connectivity index (χ4n) is 6.33. The molecule has 0 fully saturated rings. The summed E-state index contributed by atoms with van der Waals surface area (Å²) in [5, 5.41) is 0. The molecule has 0 aliphatic heterocycles. The Morgan fingerprint density at radius 2 is 1.33 bits per heavy atom. The van der Waals surface area contributed by atoms with Gasteiger partial charge >= 0.3 is 5.97 Å². The number of esters is 1. The lowest BCUT2D eigenvalue weighted by atomic mass is 9.92. The zero-order chi connectivity index (χ0) is 33.8. The Kier molecular flexibility index (Phi) is 11.7. The third kappa shape index (κ3) is 9.14. The molecule has 5 nitrogen and oxygen atoms in total.